The lowest BCUT2D eigenvalue weighted by Gasteiger charge is -2.15. The van der Waals surface area contributed by atoms with Crippen molar-refractivity contribution < 1.29 is 9.63 Å². The topological polar surface area (TPSA) is 38.3 Å². The van der Waals surface area contributed by atoms with Crippen LogP contribution in [0.25, 0.3) is 0 Å². The summed E-state index contributed by atoms with van der Waals surface area (Å²) in [7, 11) is 0. The standard InChI is InChI=1S/C13H16ClNO2/c14-10-6-8-11(9-7-10)15-17-13-5-3-1-2-4-12(13)16/h6-9,13,15H,1-5H2. The van der Waals surface area contributed by atoms with E-state index in [9.17, 15) is 4.79 Å². The van der Waals surface area contributed by atoms with Crippen molar-refractivity contribution in [2.45, 2.75) is 38.2 Å². The fourth-order valence-electron chi connectivity index (χ4n) is 1.91. The quantitative estimate of drug-likeness (QED) is 0.661. The van der Waals surface area contributed by atoms with Gasteiger partial charge in [0.05, 0.1) is 5.69 Å². The lowest BCUT2D eigenvalue weighted by Crippen LogP contribution is -2.25. The Kier molecular flexibility index (Phi) is 4.40. The van der Waals surface area contributed by atoms with Crippen LogP contribution in [-0.2, 0) is 9.63 Å². The lowest BCUT2D eigenvalue weighted by molar-refractivity contribution is -0.128. The summed E-state index contributed by atoms with van der Waals surface area (Å²) in [5.41, 5.74) is 3.63. The first-order valence-electron chi connectivity index (χ1n) is 5.95. The van der Waals surface area contributed by atoms with E-state index in [0.29, 0.717) is 11.4 Å². The Hall–Kier alpha value is -1.06. The van der Waals surface area contributed by atoms with Crippen molar-refractivity contribution in [3.63, 3.8) is 0 Å². The van der Waals surface area contributed by atoms with Crippen LogP contribution in [0.1, 0.15) is 32.1 Å². The van der Waals surface area contributed by atoms with Gasteiger partial charge in [-0.15, -0.1) is 0 Å². The number of benzene rings is 1. The fourth-order valence-corrected chi connectivity index (χ4v) is 2.04. The third-order valence-electron chi connectivity index (χ3n) is 2.91. The third-order valence-corrected chi connectivity index (χ3v) is 3.16. The molecule has 1 aliphatic rings. The molecular weight excluding hydrogens is 238 g/mol. The molecule has 1 aromatic rings. The van der Waals surface area contributed by atoms with Crippen molar-refractivity contribution in [2.75, 3.05) is 5.48 Å². The smallest absolute Gasteiger partial charge is 0.164 e. The first-order chi connectivity index (χ1) is 8.25. The molecule has 1 aromatic carbocycles. The number of Topliss-reactive ketones (excluding diaryl/α,β-unsaturated/α-hetero) is 1. The zero-order chi connectivity index (χ0) is 12.1. The van der Waals surface area contributed by atoms with Crippen molar-refractivity contribution in [2.24, 2.45) is 0 Å². The van der Waals surface area contributed by atoms with E-state index in [1.54, 1.807) is 12.1 Å². The maximum Gasteiger partial charge on any atom is 0.164 e. The first kappa shape index (κ1) is 12.4. The predicted octanol–water partition coefficient (Wildman–Crippen LogP) is 3.59. The average molecular weight is 254 g/mol. The molecule has 3 nitrogen and oxygen atoms in total. The van der Waals surface area contributed by atoms with Crippen molar-refractivity contribution in [3.05, 3.63) is 29.3 Å². The zero-order valence-corrected chi connectivity index (χ0v) is 10.4. The maximum atomic E-state index is 11.7. The van der Waals surface area contributed by atoms with Crippen LogP contribution in [0.5, 0.6) is 0 Å². The van der Waals surface area contributed by atoms with Gasteiger partial charge < -0.3 is 0 Å². The van der Waals surface area contributed by atoms with Gasteiger partial charge in [0.2, 0.25) is 0 Å². The second kappa shape index (κ2) is 6.03. The number of ketones is 1. The summed E-state index contributed by atoms with van der Waals surface area (Å²) in [4.78, 5) is 17.2. The van der Waals surface area contributed by atoms with Crippen LogP contribution >= 0.6 is 11.6 Å². The minimum atomic E-state index is -0.312. The molecule has 1 aliphatic carbocycles. The Labute approximate surface area is 106 Å². The van der Waals surface area contributed by atoms with Gasteiger partial charge in [-0.3, -0.25) is 15.1 Å². The van der Waals surface area contributed by atoms with E-state index in [1.807, 2.05) is 12.1 Å². The Morgan fingerprint density at radius 3 is 2.71 bits per heavy atom. The number of carbonyl (C=O) groups is 1. The summed E-state index contributed by atoms with van der Waals surface area (Å²) in [5, 5.41) is 0.682. The third kappa shape index (κ3) is 3.72. The van der Waals surface area contributed by atoms with E-state index < -0.39 is 0 Å². The summed E-state index contributed by atoms with van der Waals surface area (Å²) in [5.74, 6) is 0.198. The van der Waals surface area contributed by atoms with Gasteiger partial charge in [0, 0.05) is 11.4 Å². The molecule has 1 fully saturated rings. The highest BCUT2D eigenvalue weighted by molar-refractivity contribution is 6.30. The monoisotopic (exact) mass is 253 g/mol. The SMILES string of the molecule is O=C1CCCCCC1ONc1ccc(Cl)cc1. The Bertz CT molecular complexity index is 378. The van der Waals surface area contributed by atoms with Gasteiger partial charge in [-0.25, -0.2) is 0 Å². The van der Waals surface area contributed by atoms with Gasteiger partial charge in [-0.2, -0.15) is 0 Å². The van der Waals surface area contributed by atoms with Gasteiger partial charge in [0.25, 0.3) is 0 Å². The van der Waals surface area contributed by atoms with E-state index in [0.717, 1.165) is 31.4 Å². The zero-order valence-electron chi connectivity index (χ0n) is 9.62. The second-order valence-corrected chi connectivity index (χ2v) is 4.72. The van der Waals surface area contributed by atoms with Gasteiger partial charge >= 0.3 is 0 Å². The molecule has 1 N–H and O–H groups in total. The molecule has 0 aromatic heterocycles. The Morgan fingerprint density at radius 1 is 1.18 bits per heavy atom. The molecule has 0 aliphatic heterocycles. The summed E-state index contributed by atoms with van der Waals surface area (Å²) >= 11 is 5.78. The van der Waals surface area contributed by atoms with Crippen molar-refractivity contribution in [1.29, 1.82) is 0 Å². The molecule has 0 saturated heterocycles. The van der Waals surface area contributed by atoms with E-state index in [-0.39, 0.29) is 11.9 Å². The van der Waals surface area contributed by atoms with Crippen LogP contribution in [0.3, 0.4) is 0 Å². The van der Waals surface area contributed by atoms with E-state index in [4.69, 9.17) is 16.4 Å². The number of halogens is 1. The molecule has 92 valence electrons. The number of hydrogen-bond acceptors (Lipinski definition) is 3. The molecule has 0 heterocycles. The van der Waals surface area contributed by atoms with Gasteiger partial charge in [0.15, 0.2) is 5.78 Å². The number of anilines is 1. The Balaban J connectivity index is 1.88. The predicted molar refractivity (Wildman–Crippen MR) is 68.0 cm³/mol. The minimum absolute atomic E-state index is 0.198. The fraction of sp³-hybridized carbons (Fsp3) is 0.462. The summed E-state index contributed by atoms with van der Waals surface area (Å²) < 4.78 is 0. The highest BCUT2D eigenvalue weighted by Crippen LogP contribution is 2.19. The second-order valence-electron chi connectivity index (χ2n) is 4.28. The lowest BCUT2D eigenvalue weighted by atomic mass is 10.1. The van der Waals surface area contributed by atoms with Gasteiger partial charge in [-0.05, 0) is 37.1 Å². The normalized spacial score (nSPS) is 21.0. The number of hydrogen-bond donors (Lipinski definition) is 1. The molecule has 17 heavy (non-hydrogen) atoms. The molecule has 0 amide bonds. The van der Waals surface area contributed by atoms with Crippen LogP contribution in [0.2, 0.25) is 5.02 Å². The highest BCUT2D eigenvalue weighted by atomic mass is 35.5. The highest BCUT2D eigenvalue weighted by Gasteiger charge is 2.21. The van der Waals surface area contributed by atoms with E-state index in [1.165, 1.54) is 0 Å². The Morgan fingerprint density at radius 2 is 1.94 bits per heavy atom. The number of nitrogens with one attached hydrogen (secondary N) is 1. The van der Waals surface area contributed by atoms with Crippen LogP contribution in [0.15, 0.2) is 24.3 Å². The van der Waals surface area contributed by atoms with Crippen molar-refractivity contribution >= 4 is 23.1 Å². The number of carbonyl (C=O) groups excluding carboxylic acids is 1. The molecular formula is C13H16ClNO2. The van der Waals surface area contributed by atoms with Gasteiger partial charge in [0.1, 0.15) is 6.10 Å². The van der Waals surface area contributed by atoms with Crippen LogP contribution in [0, 0.1) is 0 Å². The van der Waals surface area contributed by atoms with E-state index >= 15 is 0 Å². The molecule has 2 rings (SSSR count). The van der Waals surface area contributed by atoms with Gasteiger partial charge in [-0.1, -0.05) is 24.4 Å². The number of rotatable bonds is 3. The average Bonchev–Trinajstić information content (AvgIpc) is 2.54. The summed E-state index contributed by atoms with van der Waals surface area (Å²) in [6.45, 7) is 0. The summed E-state index contributed by atoms with van der Waals surface area (Å²) in [6.07, 6.45) is 4.28. The molecule has 0 radical (unpaired) electrons. The van der Waals surface area contributed by atoms with Crippen LogP contribution in [0.4, 0.5) is 5.69 Å². The minimum Gasteiger partial charge on any atom is -0.297 e. The van der Waals surface area contributed by atoms with E-state index in [2.05, 4.69) is 5.48 Å². The van der Waals surface area contributed by atoms with Crippen LogP contribution in [-0.4, -0.2) is 11.9 Å². The van der Waals surface area contributed by atoms with Crippen molar-refractivity contribution in [3.8, 4) is 0 Å². The summed E-state index contributed by atoms with van der Waals surface area (Å²) in [6, 6.07) is 7.21. The van der Waals surface area contributed by atoms with Crippen LogP contribution < -0.4 is 5.48 Å². The largest absolute Gasteiger partial charge is 0.297 e. The first-order valence-corrected chi connectivity index (χ1v) is 6.33. The molecule has 1 saturated carbocycles. The molecule has 4 heteroatoms. The molecule has 0 spiro atoms. The molecule has 0 bridgehead atoms. The van der Waals surface area contributed by atoms with Crippen molar-refractivity contribution in [1.82, 2.24) is 0 Å². The molecule has 1 unspecified atom stereocenters. The molecule has 1 atom stereocenters. The maximum absolute atomic E-state index is 11.7.